The van der Waals surface area contributed by atoms with Gasteiger partial charge in [0.05, 0.1) is 53.8 Å². The molecule has 6 unspecified atom stereocenters. The minimum atomic E-state index is -1.03. The maximum atomic E-state index is 14.8. The Hall–Kier alpha value is -9.24. The lowest BCUT2D eigenvalue weighted by atomic mass is 9.62. The number of hydrogen-bond acceptors (Lipinski definition) is 18. The molecule has 3 saturated carbocycles. The first kappa shape index (κ1) is 65.3. The molecule has 3 aromatic carbocycles. The molecule has 24 heteroatoms. The summed E-state index contributed by atoms with van der Waals surface area (Å²) in [6.07, 6.45) is 14.3. The van der Waals surface area contributed by atoms with Gasteiger partial charge in [0.15, 0.2) is 0 Å². The van der Waals surface area contributed by atoms with E-state index in [1.807, 2.05) is 20.8 Å². The molecule has 0 amide bonds. The van der Waals surface area contributed by atoms with Crippen LogP contribution in [-0.2, 0) is 28.8 Å². The molecular formula is C63H72N12O12. The van der Waals surface area contributed by atoms with Gasteiger partial charge in [-0.1, -0.05) is 80.5 Å². The molecule has 2 heterocycles. The van der Waals surface area contributed by atoms with Gasteiger partial charge in [-0.15, -0.1) is 0 Å². The van der Waals surface area contributed by atoms with Gasteiger partial charge >= 0.3 is 34.1 Å². The quantitative estimate of drug-likeness (QED) is 0.0704. The molecule has 0 saturated heterocycles. The summed E-state index contributed by atoms with van der Waals surface area (Å²) in [5.74, 6) is 0. The molecule has 87 heavy (non-hydrogen) atoms. The molecule has 3 aliphatic rings. The van der Waals surface area contributed by atoms with Crippen molar-refractivity contribution in [3.63, 3.8) is 0 Å². The number of carbonyl (C=O) groups excluding carboxylic acids is 6. The maximum Gasteiger partial charge on any atom is 0.345 e. The number of nitrogens with zero attached hydrogens (tertiary/aromatic N) is 12. The third-order valence-corrected chi connectivity index (χ3v) is 17.2. The van der Waals surface area contributed by atoms with Crippen LogP contribution in [0.4, 0.5) is 17.1 Å². The van der Waals surface area contributed by atoms with Gasteiger partial charge in [0.25, 0.3) is 0 Å². The van der Waals surface area contributed by atoms with Gasteiger partial charge in [0, 0.05) is 18.1 Å². The SMILES string of the molecule is CC1(C)CC(n2c(=O)n(C3CC(C)(C)CC(C)(CN=C=O)C3)c(=O)n(C3CC(C)(C)CC(C)(CN=C=O)C3)c2=O)CC(C)(CN=C=O)C1.Cc1ccc(-n2c(=O)n(-c3ccc(C)c(N=C=O)c3)c(=O)n(-c3ccc(C)c(N=C=O)c3)c2=O)cc1N=C=O. The first-order valence-electron chi connectivity index (χ1n) is 28.5. The summed E-state index contributed by atoms with van der Waals surface area (Å²) >= 11 is 0. The Bertz CT molecular complexity index is 3770. The Morgan fingerprint density at radius 3 is 0.828 bits per heavy atom. The predicted octanol–water partition coefficient (Wildman–Crippen LogP) is 8.42. The summed E-state index contributed by atoms with van der Waals surface area (Å²) in [4.78, 5) is 174. The molecule has 0 radical (unpaired) electrons. The Balaban J connectivity index is 0.000000254. The molecule has 6 atom stereocenters. The monoisotopic (exact) mass is 1190 g/mol. The van der Waals surface area contributed by atoms with Crippen LogP contribution in [-0.4, -0.2) is 83.5 Å². The number of isocyanates is 6. The van der Waals surface area contributed by atoms with Crippen molar-refractivity contribution in [1.82, 2.24) is 27.4 Å². The van der Waals surface area contributed by atoms with E-state index in [1.165, 1.54) is 68.3 Å². The van der Waals surface area contributed by atoms with E-state index in [9.17, 15) is 57.5 Å². The molecule has 0 spiro atoms. The molecule has 3 aliphatic carbocycles. The van der Waals surface area contributed by atoms with Crippen LogP contribution < -0.4 is 34.1 Å². The minimum absolute atomic E-state index is 0.0172. The van der Waals surface area contributed by atoms with Crippen molar-refractivity contribution in [3.8, 4) is 17.1 Å². The van der Waals surface area contributed by atoms with Crippen molar-refractivity contribution in [3.05, 3.63) is 134 Å². The maximum absolute atomic E-state index is 14.8. The Labute approximate surface area is 500 Å². The van der Waals surface area contributed by atoms with Crippen LogP contribution in [0.1, 0.15) is 155 Å². The zero-order valence-electron chi connectivity index (χ0n) is 51.2. The lowest BCUT2D eigenvalue weighted by Crippen LogP contribution is -2.60. The van der Waals surface area contributed by atoms with E-state index < -0.39 is 68.5 Å². The van der Waals surface area contributed by atoms with Crippen LogP contribution in [0.25, 0.3) is 17.1 Å². The van der Waals surface area contributed by atoms with Crippen molar-refractivity contribution in [2.24, 2.45) is 62.4 Å². The van der Waals surface area contributed by atoms with Crippen LogP contribution in [0.5, 0.6) is 0 Å². The summed E-state index contributed by atoms with van der Waals surface area (Å²) in [5, 5.41) is 0. The number of aliphatic imine (C=N–C) groups is 6. The van der Waals surface area contributed by atoms with Crippen LogP contribution in [0.15, 0.2) is 113 Å². The summed E-state index contributed by atoms with van der Waals surface area (Å²) in [6, 6.07) is 11.4. The number of benzene rings is 3. The van der Waals surface area contributed by atoms with Crippen LogP contribution >= 0.6 is 0 Å². The van der Waals surface area contributed by atoms with E-state index in [1.54, 1.807) is 57.2 Å². The number of aromatic nitrogens is 6. The lowest BCUT2D eigenvalue weighted by Gasteiger charge is -2.48. The molecule has 8 rings (SSSR count). The predicted molar refractivity (Wildman–Crippen MR) is 323 cm³/mol. The summed E-state index contributed by atoms with van der Waals surface area (Å²) in [5.41, 5.74) is -5.00. The second-order valence-corrected chi connectivity index (χ2v) is 27.2. The molecule has 0 aliphatic heterocycles. The van der Waals surface area contributed by atoms with E-state index in [0.29, 0.717) is 55.2 Å². The highest BCUT2D eigenvalue weighted by atomic mass is 16.2. The van der Waals surface area contributed by atoms with Gasteiger partial charge < -0.3 is 0 Å². The van der Waals surface area contributed by atoms with E-state index in [4.69, 9.17) is 0 Å². The third kappa shape index (κ3) is 14.2. The van der Waals surface area contributed by atoms with Crippen molar-refractivity contribution < 1.29 is 28.8 Å². The fraction of sp³-hybridized carbons (Fsp3) is 0.524. The fourth-order valence-corrected chi connectivity index (χ4v) is 14.8. The van der Waals surface area contributed by atoms with E-state index in [2.05, 4.69) is 71.5 Å². The van der Waals surface area contributed by atoms with Crippen molar-refractivity contribution in [2.75, 3.05) is 19.6 Å². The molecule has 5 aromatic rings. The first-order valence-corrected chi connectivity index (χ1v) is 28.5. The second-order valence-electron chi connectivity index (χ2n) is 27.2. The van der Waals surface area contributed by atoms with Crippen molar-refractivity contribution in [2.45, 2.75) is 159 Å². The van der Waals surface area contributed by atoms with Crippen molar-refractivity contribution >= 4 is 53.5 Å². The average Bonchev–Trinajstić information content (AvgIpc) is 0.755. The number of hydrogen-bond donors (Lipinski definition) is 0. The van der Waals surface area contributed by atoms with Gasteiger partial charge in [-0.05, 0) is 164 Å². The third-order valence-electron chi connectivity index (χ3n) is 17.2. The Morgan fingerprint density at radius 1 is 0.368 bits per heavy atom. The van der Waals surface area contributed by atoms with E-state index >= 15 is 0 Å². The first-order chi connectivity index (χ1) is 40.8. The van der Waals surface area contributed by atoms with E-state index in [-0.39, 0.29) is 70.0 Å². The highest BCUT2D eigenvalue weighted by Crippen LogP contribution is 2.53. The fourth-order valence-electron chi connectivity index (χ4n) is 14.8. The molecule has 0 bridgehead atoms. The molecule has 2 aromatic heterocycles. The molecule has 0 N–H and O–H groups in total. The molecule has 3 fully saturated rings. The second kappa shape index (κ2) is 25.4. The van der Waals surface area contributed by atoms with Gasteiger partial charge in [-0.25, -0.2) is 99.9 Å². The van der Waals surface area contributed by atoms with E-state index in [0.717, 1.165) is 33.0 Å². The average molecular weight is 1190 g/mol. The molecule has 24 nitrogen and oxygen atoms in total. The molecular weight excluding hydrogens is 1120 g/mol. The van der Waals surface area contributed by atoms with Gasteiger partial charge in [-0.2, -0.15) is 15.0 Å². The molecule has 456 valence electrons. The normalized spacial score (nSPS) is 23.2. The zero-order chi connectivity index (χ0) is 64.2. The van der Waals surface area contributed by atoms with Crippen LogP contribution in [0.2, 0.25) is 0 Å². The van der Waals surface area contributed by atoms with Crippen LogP contribution in [0.3, 0.4) is 0 Å². The summed E-state index contributed by atoms with van der Waals surface area (Å²) in [7, 11) is 0. The smallest absolute Gasteiger partial charge is 0.247 e. The lowest BCUT2D eigenvalue weighted by molar-refractivity contribution is 0.0396. The zero-order valence-corrected chi connectivity index (χ0v) is 51.2. The van der Waals surface area contributed by atoms with Crippen molar-refractivity contribution in [1.29, 1.82) is 0 Å². The van der Waals surface area contributed by atoms with Gasteiger partial charge in [0.2, 0.25) is 36.5 Å². The summed E-state index contributed by atoms with van der Waals surface area (Å²) in [6.45, 7) is 24.3. The minimum Gasteiger partial charge on any atom is -0.247 e. The van der Waals surface area contributed by atoms with Gasteiger partial charge in [0.1, 0.15) is 0 Å². The van der Waals surface area contributed by atoms with Crippen LogP contribution in [0, 0.1) is 53.3 Å². The Kier molecular flexibility index (Phi) is 19.0. The number of rotatable bonds is 15. The largest absolute Gasteiger partial charge is 0.345 e. The highest BCUT2D eigenvalue weighted by molar-refractivity contribution is 5.60. The Morgan fingerprint density at radius 2 is 0.609 bits per heavy atom. The highest BCUT2D eigenvalue weighted by Gasteiger charge is 2.48. The topological polar surface area (TPSA) is 309 Å². The summed E-state index contributed by atoms with van der Waals surface area (Å²) < 4.78 is 6.14. The number of aryl methyl sites for hydroxylation is 3. The standard InChI is InChI=1S/C36H54N6O6.C27H18N6O6/c1-31(2)10-25(13-34(7,16-31)19-37-22-43)40-28(46)41(26-11-32(3,4)17-35(8,14-26)20-38-23-44)30(48)42(29(40)47)27-12-33(5,6)18-36(9,15-27)21-39-24-45;1-16-4-7-19(10-22(16)28-13-34)31-25(37)32(20-8-5-17(2)23(11-20)29-14-35)27(39)33(26(31)38)21-9-6-18(3)24(12-21)30-15-36/h25-27H,10-21H2,1-9H3;4-12H,1-3H3. The van der Waals surface area contributed by atoms with Gasteiger partial charge in [-0.3, -0.25) is 0 Å².